The van der Waals surface area contributed by atoms with Crippen molar-refractivity contribution in [2.45, 2.75) is 32.7 Å². The molecular weight excluding hydrogens is 346 g/mol. The maximum absolute atomic E-state index is 5.70. The van der Waals surface area contributed by atoms with E-state index in [1.165, 1.54) is 5.56 Å². The van der Waals surface area contributed by atoms with Crippen molar-refractivity contribution in [3.05, 3.63) is 46.2 Å². The zero-order valence-corrected chi connectivity index (χ0v) is 16.9. The van der Waals surface area contributed by atoms with Crippen molar-refractivity contribution < 1.29 is 9.47 Å². The summed E-state index contributed by atoms with van der Waals surface area (Å²) in [7, 11) is 3.45. The van der Waals surface area contributed by atoms with E-state index in [9.17, 15) is 0 Å². The molecular formula is C20H29N3O2S. The molecule has 26 heavy (non-hydrogen) atoms. The van der Waals surface area contributed by atoms with Gasteiger partial charge in [0.25, 0.3) is 0 Å². The van der Waals surface area contributed by atoms with E-state index < -0.39 is 0 Å². The maximum atomic E-state index is 5.70. The van der Waals surface area contributed by atoms with E-state index in [4.69, 9.17) is 9.47 Å². The van der Waals surface area contributed by atoms with Crippen molar-refractivity contribution >= 4 is 17.3 Å². The molecule has 6 heteroatoms. The SMILES string of the molecule is CCCOc1ccc(CNC(=NC)NCC(C)c2ccsc2)cc1OC. The van der Waals surface area contributed by atoms with Crippen LogP contribution in [0.5, 0.6) is 11.5 Å². The molecule has 1 aromatic heterocycles. The molecule has 1 aromatic carbocycles. The van der Waals surface area contributed by atoms with E-state index in [2.05, 4.69) is 46.3 Å². The van der Waals surface area contributed by atoms with Crippen LogP contribution in [0, 0.1) is 0 Å². The Morgan fingerprint density at radius 1 is 1.23 bits per heavy atom. The highest BCUT2D eigenvalue weighted by Gasteiger charge is 2.08. The van der Waals surface area contributed by atoms with Crippen molar-refractivity contribution in [3.8, 4) is 11.5 Å². The van der Waals surface area contributed by atoms with Crippen LogP contribution in [0.1, 0.15) is 37.3 Å². The van der Waals surface area contributed by atoms with Crippen LogP contribution < -0.4 is 20.1 Å². The number of benzene rings is 1. The summed E-state index contributed by atoms with van der Waals surface area (Å²) in [6.07, 6.45) is 0.970. The van der Waals surface area contributed by atoms with E-state index >= 15 is 0 Å². The number of nitrogens with one attached hydrogen (secondary N) is 2. The van der Waals surface area contributed by atoms with Gasteiger partial charge in [-0.25, -0.2) is 0 Å². The zero-order valence-electron chi connectivity index (χ0n) is 16.0. The zero-order chi connectivity index (χ0) is 18.8. The van der Waals surface area contributed by atoms with E-state index in [1.54, 1.807) is 25.5 Å². The Bertz CT molecular complexity index is 686. The van der Waals surface area contributed by atoms with Gasteiger partial charge in [-0.15, -0.1) is 0 Å². The number of nitrogens with zero attached hydrogens (tertiary/aromatic N) is 1. The quantitative estimate of drug-likeness (QED) is 0.513. The summed E-state index contributed by atoms with van der Waals surface area (Å²) in [4.78, 5) is 4.30. The first-order valence-corrected chi connectivity index (χ1v) is 9.88. The van der Waals surface area contributed by atoms with E-state index in [0.29, 0.717) is 19.1 Å². The molecule has 0 aliphatic heterocycles. The van der Waals surface area contributed by atoms with Gasteiger partial charge in [0.15, 0.2) is 17.5 Å². The maximum Gasteiger partial charge on any atom is 0.191 e. The monoisotopic (exact) mass is 375 g/mol. The van der Waals surface area contributed by atoms with Gasteiger partial charge in [0.2, 0.25) is 0 Å². The lowest BCUT2D eigenvalue weighted by Gasteiger charge is -2.16. The Kier molecular flexibility index (Phi) is 8.28. The fraction of sp³-hybridized carbons (Fsp3) is 0.450. The van der Waals surface area contributed by atoms with Gasteiger partial charge in [-0.1, -0.05) is 19.9 Å². The smallest absolute Gasteiger partial charge is 0.191 e. The Hall–Kier alpha value is -2.21. The lowest BCUT2D eigenvalue weighted by molar-refractivity contribution is 0.294. The van der Waals surface area contributed by atoms with E-state index in [-0.39, 0.29) is 0 Å². The Morgan fingerprint density at radius 2 is 2.08 bits per heavy atom. The molecule has 2 rings (SSSR count). The predicted octanol–water partition coefficient (Wildman–Crippen LogP) is 4.01. The van der Waals surface area contributed by atoms with Crippen molar-refractivity contribution in [2.24, 2.45) is 4.99 Å². The second kappa shape index (κ2) is 10.7. The minimum absolute atomic E-state index is 0.440. The number of thiophene rings is 1. The van der Waals surface area contributed by atoms with E-state index in [0.717, 1.165) is 36.0 Å². The number of methoxy groups -OCH3 is 1. The molecule has 0 fully saturated rings. The van der Waals surface area contributed by atoms with Crippen LogP contribution in [0.25, 0.3) is 0 Å². The minimum Gasteiger partial charge on any atom is -0.493 e. The molecule has 1 heterocycles. The third-order valence-electron chi connectivity index (χ3n) is 4.06. The molecule has 0 bridgehead atoms. The van der Waals surface area contributed by atoms with Crippen molar-refractivity contribution in [1.82, 2.24) is 10.6 Å². The molecule has 0 spiro atoms. The summed E-state index contributed by atoms with van der Waals surface area (Å²) in [5.74, 6) is 2.77. The number of aliphatic imine (C=N–C) groups is 1. The highest BCUT2D eigenvalue weighted by Crippen LogP contribution is 2.28. The fourth-order valence-electron chi connectivity index (χ4n) is 2.48. The van der Waals surface area contributed by atoms with Crippen LogP contribution in [0.4, 0.5) is 0 Å². The number of guanidine groups is 1. The Balaban J connectivity index is 1.87. The standard InChI is InChI=1S/C20H29N3O2S/c1-5-9-25-18-7-6-16(11-19(18)24-4)13-23-20(21-3)22-12-15(2)17-8-10-26-14-17/h6-8,10-11,14-15H,5,9,12-13H2,1-4H3,(H2,21,22,23). The molecule has 1 unspecified atom stereocenters. The first-order valence-electron chi connectivity index (χ1n) is 8.94. The number of hydrogen-bond acceptors (Lipinski definition) is 4. The predicted molar refractivity (Wildman–Crippen MR) is 110 cm³/mol. The van der Waals surface area contributed by atoms with Crippen LogP contribution in [0.2, 0.25) is 0 Å². The first-order chi connectivity index (χ1) is 12.7. The number of hydrogen-bond donors (Lipinski definition) is 2. The second-order valence-electron chi connectivity index (χ2n) is 6.10. The van der Waals surface area contributed by atoms with Gasteiger partial charge in [0, 0.05) is 20.1 Å². The average molecular weight is 376 g/mol. The molecule has 2 N–H and O–H groups in total. The Morgan fingerprint density at radius 3 is 2.73 bits per heavy atom. The summed E-state index contributed by atoms with van der Waals surface area (Å²) in [6, 6.07) is 8.17. The summed E-state index contributed by atoms with van der Waals surface area (Å²) in [5.41, 5.74) is 2.46. The molecule has 2 aromatic rings. The molecule has 1 atom stereocenters. The fourth-order valence-corrected chi connectivity index (χ4v) is 3.26. The van der Waals surface area contributed by atoms with Crippen LogP contribution in [-0.2, 0) is 6.54 Å². The normalized spacial score (nSPS) is 12.5. The second-order valence-corrected chi connectivity index (χ2v) is 6.88. The van der Waals surface area contributed by atoms with Crippen LogP contribution >= 0.6 is 11.3 Å². The Labute approximate surface area is 160 Å². The molecule has 142 valence electrons. The van der Waals surface area contributed by atoms with Gasteiger partial charge in [0.1, 0.15) is 0 Å². The van der Waals surface area contributed by atoms with Gasteiger partial charge in [0.05, 0.1) is 13.7 Å². The third-order valence-corrected chi connectivity index (χ3v) is 4.76. The summed E-state index contributed by atoms with van der Waals surface area (Å²) < 4.78 is 11.1. The van der Waals surface area contributed by atoms with E-state index in [1.807, 2.05) is 18.2 Å². The molecule has 0 radical (unpaired) electrons. The van der Waals surface area contributed by atoms with Gasteiger partial charge >= 0.3 is 0 Å². The van der Waals surface area contributed by atoms with Gasteiger partial charge in [-0.3, -0.25) is 4.99 Å². The van der Waals surface area contributed by atoms with Crippen molar-refractivity contribution in [2.75, 3.05) is 27.3 Å². The lowest BCUT2D eigenvalue weighted by Crippen LogP contribution is -2.38. The molecule has 0 aliphatic rings. The molecule has 5 nitrogen and oxygen atoms in total. The van der Waals surface area contributed by atoms with Gasteiger partial charge < -0.3 is 20.1 Å². The highest BCUT2D eigenvalue weighted by atomic mass is 32.1. The van der Waals surface area contributed by atoms with Crippen molar-refractivity contribution in [1.29, 1.82) is 0 Å². The van der Waals surface area contributed by atoms with Gasteiger partial charge in [-0.2, -0.15) is 11.3 Å². The molecule has 0 saturated heterocycles. The summed E-state index contributed by atoms with van der Waals surface area (Å²) >= 11 is 1.73. The molecule has 0 amide bonds. The number of rotatable bonds is 9. The topological polar surface area (TPSA) is 54.9 Å². The van der Waals surface area contributed by atoms with Crippen molar-refractivity contribution in [3.63, 3.8) is 0 Å². The lowest BCUT2D eigenvalue weighted by atomic mass is 10.1. The van der Waals surface area contributed by atoms with Gasteiger partial charge in [-0.05, 0) is 52.4 Å². The summed E-state index contributed by atoms with van der Waals surface area (Å²) in [5, 5.41) is 11.0. The summed E-state index contributed by atoms with van der Waals surface area (Å²) in [6.45, 7) is 6.48. The van der Waals surface area contributed by atoms with Crippen LogP contribution in [0.15, 0.2) is 40.0 Å². The average Bonchev–Trinajstić information content (AvgIpc) is 3.21. The highest BCUT2D eigenvalue weighted by molar-refractivity contribution is 7.07. The molecule has 0 aliphatic carbocycles. The minimum atomic E-state index is 0.440. The third kappa shape index (κ3) is 5.95. The van der Waals surface area contributed by atoms with Crippen LogP contribution in [-0.4, -0.2) is 33.3 Å². The molecule has 0 saturated carbocycles. The largest absolute Gasteiger partial charge is 0.493 e. The number of ether oxygens (including phenoxy) is 2. The first kappa shape index (κ1) is 20.1. The van der Waals surface area contributed by atoms with Crippen LogP contribution in [0.3, 0.4) is 0 Å².